The van der Waals surface area contributed by atoms with Crippen LogP contribution in [-0.2, 0) is 9.53 Å². The molecule has 1 amide bonds. The summed E-state index contributed by atoms with van der Waals surface area (Å²) < 4.78 is 5.09. The Morgan fingerprint density at radius 2 is 2.00 bits per heavy atom. The highest BCUT2D eigenvalue weighted by atomic mass is 35.5. The Balaban J connectivity index is 0.00000121. The zero-order chi connectivity index (χ0) is 8.27. The molecule has 1 heterocycles. The summed E-state index contributed by atoms with van der Waals surface area (Å²) in [6.45, 7) is 4.34. The highest BCUT2D eigenvalue weighted by Gasteiger charge is 2.19. The number of hydrogen-bond acceptors (Lipinski definition) is 3. The Hall–Kier alpha value is -0.320. The van der Waals surface area contributed by atoms with E-state index in [4.69, 9.17) is 10.5 Å². The maximum atomic E-state index is 11.2. The lowest BCUT2D eigenvalue weighted by Gasteiger charge is -2.28. The van der Waals surface area contributed by atoms with Crippen molar-refractivity contribution >= 4 is 18.3 Å². The van der Waals surface area contributed by atoms with Gasteiger partial charge in [-0.05, 0) is 6.92 Å². The maximum absolute atomic E-state index is 11.2. The fourth-order valence-corrected chi connectivity index (χ4v) is 1.07. The summed E-state index contributed by atoms with van der Waals surface area (Å²) in [6.07, 6.45) is 0. The molecule has 72 valence electrons. The van der Waals surface area contributed by atoms with Crippen LogP contribution in [-0.4, -0.2) is 43.2 Å². The number of nitrogens with two attached hydrogens (primary N) is 1. The summed E-state index contributed by atoms with van der Waals surface area (Å²) in [6, 6.07) is -0.381. The van der Waals surface area contributed by atoms with Crippen molar-refractivity contribution < 1.29 is 9.53 Å². The molecule has 1 rings (SSSR count). The molecule has 0 bridgehead atoms. The molecule has 0 spiro atoms. The van der Waals surface area contributed by atoms with Crippen molar-refractivity contribution in [3.05, 3.63) is 0 Å². The van der Waals surface area contributed by atoms with Gasteiger partial charge in [0.25, 0.3) is 0 Å². The van der Waals surface area contributed by atoms with Gasteiger partial charge in [-0.2, -0.15) is 0 Å². The molecule has 0 unspecified atom stereocenters. The molecule has 5 heteroatoms. The maximum Gasteiger partial charge on any atom is 0.239 e. The first-order valence-corrected chi connectivity index (χ1v) is 3.84. The Bertz CT molecular complexity index is 146. The molecule has 2 N–H and O–H groups in total. The van der Waals surface area contributed by atoms with E-state index < -0.39 is 0 Å². The van der Waals surface area contributed by atoms with Gasteiger partial charge in [0.05, 0.1) is 19.3 Å². The van der Waals surface area contributed by atoms with Gasteiger partial charge in [0.2, 0.25) is 5.91 Å². The minimum atomic E-state index is -0.381. The highest BCUT2D eigenvalue weighted by molar-refractivity contribution is 5.85. The highest BCUT2D eigenvalue weighted by Crippen LogP contribution is 1.98. The van der Waals surface area contributed by atoms with Gasteiger partial charge in [0.15, 0.2) is 0 Å². The van der Waals surface area contributed by atoms with Crippen molar-refractivity contribution in [1.29, 1.82) is 0 Å². The number of carbonyl (C=O) groups is 1. The van der Waals surface area contributed by atoms with Crippen molar-refractivity contribution in [2.24, 2.45) is 5.73 Å². The molecule has 1 atom stereocenters. The molecule has 1 fully saturated rings. The van der Waals surface area contributed by atoms with Crippen molar-refractivity contribution in [3.63, 3.8) is 0 Å². The topological polar surface area (TPSA) is 55.6 Å². The van der Waals surface area contributed by atoms with Crippen molar-refractivity contribution in [1.82, 2.24) is 4.90 Å². The van der Waals surface area contributed by atoms with Gasteiger partial charge in [-0.3, -0.25) is 4.79 Å². The SMILES string of the molecule is C[C@H](N)C(=O)N1CCOCC1.Cl. The number of ether oxygens (including phenoxy) is 1. The van der Waals surface area contributed by atoms with Crippen LogP contribution in [0.3, 0.4) is 0 Å². The first-order valence-electron chi connectivity index (χ1n) is 3.84. The molecule has 0 aromatic carbocycles. The standard InChI is InChI=1S/C7H14N2O2.ClH/c1-6(8)7(10)9-2-4-11-5-3-9;/h6H,2-5,8H2,1H3;1H/t6-;/m0./s1. The van der Waals surface area contributed by atoms with Gasteiger partial charge in [-0.1, -0.05) is 0 Å². The Labute approximate surface area is 78.5 Å². The van der Waals surface area contributed by atoms with E-state index in [-0.39, 0.29) is 24.4 Å². The Morgan fingerprint density at radius 1 is 1.50 bits per heavy atom. The summed E-state index contributed by atoms with van der Waals surface area (Å²) in [5.74, 6) is 0.0216. The molecule has 0 aliphatic carbocycles. The number of nitrogens with zero attached hydrogens (tertiary/aromatic N) is 1. The summed E-state index contributed by atoms with van der Waals surface area (Å²) >= 11 is 0. The molecule has 0 aromatic rings. The van der Waals surface area contributed by atoms with Gasteiger partial charge in [-0.25, -0.2) is 0 Å². The Morgan fingerprint density at radius 3 is 2.42 bits per heavy atom. The van der Waals surface area contributed by atoms with Crippen LogP contribution in [0, 0.1) is 0 Å². The average Bonchev–Trinajstić information content (AvgIpc) is 2.05. The average molecular weight is 195 g/mol. The minimum absolute atomic E-state index is 0. The van der Waals surface area contributed by atoms with Crippen LogP contribution < -0.4 is 5.73 Å². The third-order valence-corrected chi connectivity index (χ3v) is 1.71. The molecule has 1 aliphatic heterocycles. The summed E-state index contributed by atoms with van der Waals surface area (Å²) in [4.78, 5) is 13.0. The molecule has 0 radical (unpaired) electrons. The number of carbonyl (C=O) groups excluding carboxylic acids is 1. The summed E-state index contributed by atoms with van der Waals surface area (Å²) in [7, 11) is 0. The third kappa shape index (κ3) is 2.97. The number of amides is 1. The normalized spacial score (nSPS) is 19.7. The van der Waals surface area contributed by atoms with Crippen LogP contribution >= 0.6 is 12.4 Å². The lowest BCUT2D eigenvalue weighted by Crippen LogP contribution is -2.47. The van der Waals surface area contributed by atoms with Crippen LogP contribution in [0.4, 0.5) is 0 Å². The predicted molar refractivity (Wildman–Crippen MR) is 48.3 cm³/mol. The van der Waals surface area contributed by atoms with Gasteiger partial charge in [0.1, 0.15) is 0 Å². The van der Waals surface area contributed by atoms with Crippen LogP contribution in [0.5, 0.6) is 0 Å². The molecular weight excluding hydrogens is 180 g/mol. The second-order valence-electron chi connectivity index (χ2n) is 2.73. The number of hydrogen-bond donors (Lipinski definition) is 1. The van der Waals surface area contributed by atoms with Crippen molar-refractivity contribution in [2.75, 3.05) is 26.3 Å². The lowest BCUT2D eigenvalue weighted by atomic mass is 10.3. The van der Waals surface area contributed by atoms with Gasteiger partial charge in [-0.15, -0.1) is 12.4 Å². The van der Waals surface area contributed by atoms with Gasteiger partial charge >= 0.3 is 0 Å². The van der Waals surface area contributed by atoms with Crippen LogP contribution in [0.1, 0.15) is 6.92 Å². The first-order chi connectivity index (χ1) is 5.22. The molecule has 4 nitrogen and oxygen atoms in total. The van der Waals surface area contributed by atoms with E-state index in [0.717, 1.165) is 0 Å². The molecule has 12 heavy (non-hydrogen) atoms. The smallest absolute Gasteiger partial charge is 0.239 e. The predicted octanol–water partition coefficient (Wildman–Crippen LogP) is -0.386. The van der Waals surface area contributed by atoms with E-state index in [1.165, 1.54) is 0 Å². The largest absolute Gasteiger partial charge is 0.378 e. The van der Waals surface area contributed by atoms with E-state index in [1.54, 1.807) is 11.8 Å². The second kappa shape index (κ2) is 5.35. The van der Waals surface area contributed by atoms with Crippen molar-refractivity contribution in [3.8, 4) is 0 Å². The first kappa shape index (κ1) is 11.7. The van der Waals surface area contributed by atoms with E-state index >= 15 is 0 Å². The van der Waals surface area contributed by atoms with Crippen LogP contribution in [0.15, 0.2) is 0 Å². The monoisotopic (exact) mass is 194 g/mol. The number of morpholine rings is 1. The zero-order valence-corrected chi connectivity index (χ0v) is 7.97. The molecule has 1 aliphatic rings. The summed E-state index contributed by atoms with van der Waals surface area (Å²) in [5, 5.41) is 0. The zero-order valence-electron chi connectivity index (χ0n) is 7.16. The van der Waals surface area contributed by atoms with E-state index in [9.17, 15) is 4.79 Å². The molecule has 0 aromatic heterocycles. The third-order valence-electron chi connectivity index (χ3n) is 1.71. The van der Waals surface area contributed by atoms with E-state index in [2.05, 4.69) is 0 Å². The van der Waals surface area contributed by atoms with Crippen LogP contribution in [0.25, 0.3) is 0 Å². The van der Waals surface area contributed by atoms with E-state index in [1.807, 2.05) is 0 Å². The number of rotatable bonds is 1. The quantitative estimate of drug-likeness (QED) is 0.619. The molecular formula is C7H15ClN2O2. The minimum Gasteiger partial charge on any atom is -0.378 e. The fraction of sp³-hybridized carbons (Fsp3) is 0.857. The summed E-state index contributed by atoms with van der Waals surface area (Å²) in [5.41, 5.74) is 5.43. The molecule has 0 saturated carbocycles. The molecule has 1 saturated heterocycles. The van der Waals surface area contributed by atoms with E-state index in [0.29, 0.717) is 26.3 Å². The van der Waals surface area contributed by atoms with Crippen LogP contribution in [0.2, 0.25) is 0 Å². The Kier molecular flexibility index (Phi) is 5.20. The van der Waals surface area contributed by atoms with Gasteiger partial charge in [0, 0.05) is 13.1 Å². The van der Waals surface area contributed by atoms with Gasteiger partial charge < -0.3 is 15.4 Å². The fourth-order valence-electron chi connectivity index (χ4n) is 1.07. The van der Waals surface area contributed by atoms with Crippen molar-refractivity contribution in [2.45, 2.75) is 13.0 Å². The second-order valence-corrected chi connectivity index (χ2v) is 2.73. The number of halogens is 1. The lowest BCUT2D eigenvalue weighted by molar-refractivity contribution is -0.136.